The number of carbonyl (C=O) groups is 2. The van der Waals surface area contributed by atoms with E-state index in [4.69, 9.17) is 16.3 Å². The van der Waals surface area contributed by atoms with E-state index in [0.29, 0.717) is 11.3 Å². The van der Waals surface area contributed by atoms with Crippen LogP contribution in [0.25, 0.3) is 16.6 Å². The van der Waals surface area contributed by atoms with Crippen LogP contribution in [0, 0.1) is 5.82 Å². The highest BCUT2D eigenvalue weighted by Crippen LogP contribution is 2.30. The number of hydrogen-bond acceptors (Lipinski definition) is 3. The molecule has 2 aromatic carbocycles. The number of ketones is 1. The minimum atomic E-state index is -0.851. The molecule has 4 rings (SSSR count). The third kappa shape index (κ3) is 3.65. The highest BCUT2D eigenvalue weighted by atomic mass is 35.5. The predicted octanol–water partition coefficient (Wildman–Crippen LogP) is 5.23. The zero-order valence-electron chi connectivity index (χ0n) is 15.9. The number of anilines is 1. The van der Waals surface area contributed by atoms with Crippen LogP contribution in [0.4, 0.5) is 10.1 Å². The maximum Gasteiger partial charge on any atom is 0.298 e. The predicted molar refractivity (Wildman–Crippen MR) is 114 cm³/mol. The van der Waals surface area contributed by atoms with Crippen molar-refractivity contribution in [3.63, 3.8) is 0 Å². The van der Waals surface area contributed by atoms with Crippen molar-refractivity contribution in [3.8, 4) is 16.9 Å². The molecule has 0 unspecified atom stereocenters. The van der Waals surface area contributed by atoms with Gasteiger partial charge in [-0.15, -0.1) is 0 Å². The number of carbonyl (C=O) groups excluding carboxylic acids is 2. The molecule has 2 heterocycles. The second-order valence-corrected chi connectivity index (χ2v) is 6.95. The zero-order chi connectivity index (χ0) is 21.3. The Bertz CT molecular complexity index is 1270. The van der Waals surface area contributed by atoms with Gasteiger partial charge in [0.2, 0.25) is 0 Å². The number of halogens is 2. The zero-order valence-corrected chi connectivity index (χ0v) is 16.6. The fourth-order valence-corrected chi connectivity index (χ4v) is 3.40. The van der Waals surface area contributed by atoms with Crippen LogP contribution >= 0.6 is 11.6 Å². The van der Waals surface area contributed by atoms with E-state index in [9.17, 15) is 14.0 Å². The molecule has 30 heavy (non-hydrogen) atoms. The van der Waals surface area contributed by atoms with Gasteiger partial charge >= 0.3 is 0 Å². The fraction of sp³-hybridized carbons (Fsp3) is 0.0435. The van der Waals surface area contributed by atoms with Gasteiger partial charge in [-0.2, -0.15) is 0 Å². The summed E-state index contributed by atoms with van der Waals surface area (Å²) in [5, 5.41) is 2.34. The molecule has 0 spiro atoms. The van der Waals surface area contributed by atoms with Crippen molar-refractivity contribution in [2.75, 3.05) is 12.4 Å². The normalized spacial score (nSPS) is 10.8. The summed E-state index contributed by atoms with van der Waals surface area (Å²) in [4.78, 5) is 25.8. The average molecular weight is 423 g/mol. The number of nitrogens with one attached hydrogen (secondary N) is 1. The van der Waals surface area contributed by atoms with Crippen LogP contribution in [0.1, 0.15) is 10.5 Å². The molecule has 0 bridgehead atoms. The summed E-state index contributed by atoms with van der Waals surface area (Å²) in [6, 6.07) is 18.2. The summed E-state index contributed by atoms with van der Waals surface area (Å²) in [7, 11) is 1.57. The molecule has 0 aliphatic rings. The van der Waals surface area contributed by atoms with Crippen LogP contribution in [0.5, 0.6) is 5.75 Å². The Hall–Kier alpha value is -3.64. The van der Waals surface area contributed by atoms with E-state index in [1.165, 1.54) is 12.1 Å². The molecule has 4 aromatic rings. The van der Waals surface area contributed by atoms with E-state index in [2.05, 4.69) is 5.32 Å². The van der Waals surface area contributed by atoms with Crippen molar-refractivity contribution in [1.29, 1.82) is 0 Å². The summed E-state index contributed by atoms with van der Waals surface area (Å²) in [6.07, 6.45) is 1.72. The van der Waals surface area contributed by atoms with Crippen LogP contribution in [-0.2, 0) is 4.79 Å². The van der Waals surface area contributed by atoms with Crippen LogP contribution in [0.3, 0.4) is 0 Å². The summed E-state index contributed by atoms with van der Waals surface area (Å²) in [5.41, 5.74) is 2.60. The third-order valence-electron chi connectivity index (χ3n) is 4.68. The quantitative estimate of drug-likeness (QED) is 0.354. The number of nitrogens with zero attached hydrogens (tertiary/aromatic N) is 1. The number of methoxy groups -OCH3 is 1. The first-order valence-corrected chi connectivity index (χ1v) is 9.41. The number of ether oxygens (including phenoxy) is 1. The van der Waals surface area contributed by atoms with Crippen molar-refractivity contribution in [1.82, 2.24) is 4.40 Å². The minimum absolute atomic E-state index is 0.146. The summed E-state index contributed by atoms with van der Waals surface area (Å²) in [6.45, 7) is 0. The SMILES string of the molecule is COc1ccc(-c2cc3ccccn3c2C(=O)C(=O)Nc2ccc(F)c(Cl)c2)cc1. The lowest BCUT2D eigenvalue weighted by Gasteiger charge is -2.09. The maximum absolute atomic E-state index is 13.4. The molecule has 7 heteroatoms. The highest BCUT2D eigenvalue weighted by molar-refractivity contribution is 6.47. The largest absolute Gasteiger partial charge is 0.497 e. The van der Waals surface area contributed by atoms with Gasteiger partial charge in [0.1, 0.15) is 17.3 Å². The van der Waals surface area contributed by atoms with Gasteiger partial charge in [0.25, 0.3) is 11.7 Å². The maximum atomic E-state index is 13.4. The monoisotopic (exact) mass is 422 g/mol. The van der Waals surface area contributed by atoms with Crippen LogP contribution in [0.2, 0.25) is 5.02 Å². The molecule has 1 N–H and O–H groups in total. The second-order valence-electron chi connectivity index (χ2n) is 6.54. The van der Waals surface area contributed by atoms with Crippen molar-refractivity contribution in [3.05, 3.63) is 89.5 Å². The summed E-state index contributed by atoms with van der Waals surface area (Å²) < 4.78 is 20.2. The molecule has 5 nitrogen and oxygen atoms in total. The van der Waals surface area contributed by atoms with Crippen LogP contribution < -0.4 is 10.1 Å². The number of hydrogen-bond donors (Lipinski definition) is 1. The lowest BCUT2D eigenvalue weighted by Crippen LogP contribution is -2.24. The molecular weight excluding hydrogens is 407 g/mol. The first kappa shape index (κ1) is 19.7. The topological polar surface area (TPSA) is 59.8 Å². The smallest absolute Gasteiger partial charge is 0.298 e. The lowest BCUT2D eigenvalue weighted by atomic mass is 10.0. The molecule has 0 radical (unpaired) electrons. The second kappa shape index (κ2) is 8.00. The van der Waals surface area contributed by atoms with E-state index in [1.54, 1.807) is 35.9 Å². The summed E-state index contributed by atoms with van der Waals surface area (Å²) >= 11 is 5.76. The molecule has 0 saturated carbocycles. The number of rotatable bonds is 5. The number of pyridine rings is 1. The fourth-order valence-electron chi connectivity index (χ4n) is 3.22. The van der Waals surface area contributed by atoms with Crippen LogP contribution in [-0.4, -0.2) is 23.2 Å². The van der Waals surface area contributed by atoms with E-state index >= 15 is 0 Å². The first-order valence-electron chi connectivity index (χ1n) is 9.03. The third-order valence-corrected chi connectivity index (χ3v) is 4.97. The first-order chi connectivity index (χ1) is 14.5. The Balaban J connectivity index is 1.75. The number of amides is 1. The molecule has 0 fully saturated rings. The number of Topliss-reactive ketones (excluding diaryl/α,β-unsaturated/α-hetero) is 1. The Morgan fingerprint density at radius 1 is 1.03 bits per heavy atom. The molecule has 2 aromatic heterocycles. The van der Waals surface area contributed by atoms with Crippen molar-refractivity contribution in [2.45, 2.75) is 0 Å². The Morgan fingerprint density at radius 2 is 1.80 bits per heavy atom. The van der Waals surface area contributed by atoms with Crippen LogP contribution in [0.15, 0.2) is 72.9 Å². The van der Waals surface area contributed by atoms with E-state index in [-0.39, 0.29) is 16.4 Å². The van der Waals surface area contributed by atoms with Gasteiger partial charge in [-0.1, -0.05) is 29.8 Å². The molecule has 150 valence electrons. The lowest BCUT2D eigenvalue weighted by molar-refractivity contribution is -0.112. The van der Waals surface area contributed by atoms with Gasteiger partial charge in [-0.05, 0) is 54.1 Å². The molecule has 1 amide bonds. The number of aromatic nitrogens is 1. The van der Waals surface area contributed by atoms with Gasteiger partial charge < -0.3 is 14.5 Å². The van der Waals surface area contributed by atoms with E-state index < -0.39 is 17.5 Å². The van der Waals surface area contributed by atoms with Gasteiger partial charge in [0.05, 0.1) is 12.1 Å². The Labute approximate surface area is 176 Å². The molecule has 0 saturated heterocycles. The molecule has 0 atom stereocenters. The Kier molecular flexibility index (Phi) is 5.25. The number of fused-ring (bicyclic) bond motifs is 1. The van der Waals surface area contributed by atoms with E-state index in [0.717, 1.165) is 17.1 Å². The van der Waals surface area contributed by atoms with Gasteiger partial charge in [-0.3, -0.25) is 9.59 Å². The molecule has 0 aliphatic heterocycles. The standard InChI is InChI=1S/C23H16ClFN2O3/c1-30-17-8-5-14(6-9-17)18-13-16-4-2-3-11-27(16)21(18)22(28)23(29)26-15-7-10-20(25)19(24)12-15/h2-13H,1H3,(H,26,29). The molecule has 0 aliphatic carbocycles. The Morgan fingerprint density at radius 3 is 2.50 bits per heavy atom. The average Bonchev–Trinajstić information content (AvgIpc) is 3.15. The highest BCUT2D eigenvalue weighted by Gasteiger charge is 2.25. The van der Waals surface area contributed by atoms with Gasteiger partial charge in [0.15, 0.2) is 0 Å². The number of benzene rings is 2. The van der Waals surface area contributed by atoms with Crippen molar-refractivity contribution < 1.29 is 18.7 Å². The summed E-state index contributed by atoms with van der Waals surface area (Å²) in [5.74, 6) is -1.51. The minimum Gasteiger partial charge on any atom is -0.497 e. The van der Waals surface area contributed by atoms with Gasteiger partial charge in [0, 0.05) is 23.0 Å². The van der Waals surface area contributed by atoms with Gasteiger partial charge in [-0.25, -0.2) is 4.39 Å². The molecular formula is C23H16ClFN2O3. The van der Waals surface area contributed by atoms with E-state index in [1.807, 2.05) is 30.3 Å². The van der Waals surface area contributed by atoms with Crippen molar-refractivity contribution >= 4 is 34.5 Å². The van der Waals surface area contributed by atoms with Crippen molar-refractivity contribution in [2.24, 2.45) is 0 Å².